The van der Waals surface area contributed by atoms with E-state index in [0.29, 0.717) is 22.8 Å². The summed E-state index contributed by atoms with van der Waals surface area (Å²) < 4.78 is 10.9. The second kappa shape index (κ2) is 7.81. The Hall–Kier alpha value is -3.78. The normalized spacial score (nSPS) is 15.8. The molecule has 0 fully saturated rings. The molecule has 0 radical (unpaired) electrons. The van der Waals surface area contributed by atoms with Crippen molar-refractivity contribution in [2.75, 3.05) is 12.1 Å². The van der Waals surface area contributed by atoms with E-state index in [2.05, 4.69) is 0 Å². The number of hydrazone groups is 1. The number of hydrogen-bond donors (Lipinski definition) is 2. The molecule has 0 spiro atoms. The lowest BCUT2D eigenvalue weighted by atomic mass is 10.0. The van der Waals surface area contributed by atoms with Crippen molar-refractivity contribution in [3.05, 3.63) is 77.6 Å². The van der Waals surface area contributed by atoms with Gasteiger partial charge < -0.3 is 19.4 Å². The molecule has 0 saturated heterocycles. The van der Waals surface area contributed by atoms with Gasteiger partial charge in [-0.1, -0.05) is 0 Å². The Morgan fingerprint density at radius 3 is 2.58 bits per heavy atom. The van der Waals surface area contributed by atoms with E-state index in [1.807, 2.05) is 46.8 Å². The van der Waals surface area contributed by atoms with Gasteiger partial charge in [-0.25, -0.2) is 9.99 Å². The molecule has 0 aliphatic carbocycles. The maximum Gasteiger partial charge on any atom is 0.207 e. The molecule has 4 aromatic rings. The van der Waals surface area contributed by atoms with E-state index in [9.17, 15) is 10.2 Å². The van der Waals surface area contributed by atoms with Crippen LogP contribution < -0.4 is 9.75 Å². The number of thiazole rings is 1. The Morgan fingerprint density at radius 2 is 1.87 bits per heavy atom. The zero-order valence-corrected chi connectivity index (χ0v) is 17.4. The summed E-state index contributed by atoms with van der Waals surface area (Å²) in [6.45, 7) is 0. The van der Waals surface area contributed by atoms with E-state index in [1.54, 1.807) is 19.4 Å². The summed E-state index contributed by atoms with van der Waals surface area (Å²) in [4.78, 5) is 4.73. The molecule has 1 aliphatic rings. The number of nitrogens with zero attached hydrogens (tertiary/aromatic N) is 3. The molecular formula is C23H19N3O4S. The third kappa shape index (κ3) is 3.62. The fraction of sp³-hybridized carbons (Fsp3) is 0.130. The summed E-state index contributed by atoms with van der Waals surface area (Å²) in [7, 11) is 1.64. The van der Waals surface area contributed by atoms with Crippen LogP contribution >= 0.6 is 11.3 Å². The van der Waals surface area contributed by atoms with Crippen LogP contribution in [0.3, 0.4) is 0 Å². The van der Waals surface area contributed by atoms with Gasteiger partial charge in [0.1, 0.15) is 17.6 Å². The minimum atomic E-state index is -0.179. The van der Waals surface area contributed by atoms with Crippen LogP contribution in [0, 0.1) is 0 Å². The van der Waals surface area contributed by atoms with Crippen LogP contribution in [-0.4, -0.2) is 28.0 Å². The summed E-state index contributed by atoms with van der Waals surface area (Å²) in [5, 5.41) is 28.8. The van der Waals surface area contributed by atoms with Gasteiger partial charge in [0.05, 0.1) is 24.8 Å². The van der Waals surface area contributed by atoms with Crippen molar-refractivity contribution < 1.29 is 19.4 Å². The molecule has 156 valence electrons. The quantitative estimate of drug-likeness (QED) is 0.422. The lowest BCUT2D eigenvalue weighted by Crippen LogP contribution is -2.17. The molecule has 0 saturated carbocycles. The lowest BCUT2D eigenvalue weighted by molar-refractivity contribution is 0.404. The molecule has 7 nitrogen and oxygen atoms in total. The number of anilines is 1. The molecule has 1 atom stereocenters. The number of methoxy groups -OCH3 is 1. The maximum atomic E-state index is 9.82. The van der Waals surface area contributed by atoms with Crippen LogP contribution in [-0.2, 0) is 0 Å². The van der Waals surface area contributed by atoms with E-state index in [1.165, 1.54) is 23.5 Å². The molecule has 31 heavy (non-hydrogen) atoms. The molecule has 2 N–H and O–H groups in total. The minimum Gasteiger partial charge on any atom is -0.504 e. The number of hydrogen-bond acceptors (Lipinski definition) is 8. The Balaban J connectivity index is 1.50. The topological polar surface area (TPSA) is 91.3 Å². The molecule has 2 aromatic carbocycles. The Bertz CT molecular complexity index is 1230. The monoisotopic (exact) mass is 433 g/mol. The third-order valence-corrected chi connectivity index (χ3v) is 5.99. The predicted molar refractivity (Wildman–Crippen MR) is 119 cm³/mol. The molecule has 1 unspecified atom stereocenters. The first-order chi connectivity index (χ1) is 15.1. The van der Waals surface area contributed by atoms with Gasteiger partial charge in [0.15, 0.2) is 11.5 Å². The number of aromatic nitrogens is 1. The number of furan rings is 1. The molecule has 0 amide bonds. The van der Waals surface area contributed by atoms with E-state index in [-0.39, 0.29) is 17.5 Å². The first-order valence-corrected chi connectivity index (χ1v) is 10.5. The van der Waals surface area contributed by atoms with Gasteiger partial charge >= 0.3 is 0 Å². The molecule has 5 rings (SSSR count). The van der Waals surface area contributed by atoms with E-state index in [4.69, 9.17) is 19.2 Å². The van der Waals surface area contributed by atoms with Crippen molar-refractivity contribution in [2.45, 2.75) is 12.5 Å². The van der Waals surface area contributed by atoms with Gasteiger partial charge in [-0.2, -0.15) is 5.10 Å². The zero-order valence-electron chi connectivity index (χ0n) is 16.6. The van der Waals surface area contributed by atoms with E-state index < -0.39 is 0 Å². The van der Waals surface area contributed by atoms with Gasteiger partial charge in [0.2, 0.25) is 5.13 Å². The van der Waals surface area contributed by atoms with Crippen LogP contribution in [0.25, 0.3) is 11.3 Å². The van der Waals surface area contributed by atoms with E-state index >= 15 is 0 Å². The first-order valence-electron chi connectivity index (χ1n) is 9.65. The number of aromatic hydroxyl groups is 2. The van der Waals surface area contributed by atoms with Crippen molar-refractivity contribution >= 4 is 22.2 Å². The van der Waals surface area contributed by atoms with Gasteiger partial charge in [-0.15, -0.1) is 11.3 Å². The number of rotatable bonds is 5. The average molecular weight is 433 g/mol. The highest BCUT2D eigenvalue weighted by Gasteiger charge is 2.33. The molecular weight excluding hydrogens is 414 g/mol. The lowest BCUT2D eigenvalue weighted by Gasteiger charge is -2.18. The number of ether oxygens (including phenoxy) is 1. The second-order valence-electron chi connectivity index (χ2n) is 7.07. The molecule has 2 aromatic heterocycles. The molecule has 1 aliphatic heterocycles. The fourth-order valence-corrected chi connectivity index (χ4v) is 4.37. The fourth-order valence-electron chi connectivity index (χ4n) is 3.53. The number of benzene rings is 2. The summed E-state index contributed by atoms with van der Waals surface area (Å²) in [6, 6.07) is 16.2. The highest BCUT2D eigenvalue weighted by atomic mass is 32.1. The summed E-state index contributed by atoms with van der Waals surface area (Å²) in [6.07, 6.45) is 2.33. The van der Waals surface area contributed by atoms with Crippen LogP contribution in [0.1, 0.15) is 23.8 Å². The second-order valence-corrected chi connectivity index (χ2v) is 7.91. The number of phenolic OH excluding ortho intramolecular Hbond substituents is 2. The Labute approximate surface area is 182 Å². The Morgan fingerprint density at radius 1 is 1.06 bits per heavy atom. The van der Waals surface area contributed by atoms with Gasteiger partial charge in [0.25, 0.3) is 0 Å². The van der Waals surface area contributed by atoms with E-state index in [0.717, 1.165) is 22.8 Å². The highest BCUT2D eigenvalue weighted by molar-refractivity contribution is 7.14. The van der Waals surface area contributed by atoms with Crippen molar-refractivity contribution in [1.82, 2.24) is 4.98 Å². The standard InChI is InChI=1S/C23H19N3O4S/c1-29-16-7-4-14(5-8-16)17-12-19(22-3-2-10-30-22)26(25-17)23-24-18(13-31-23)15-6-9-20(27)21(28)11-15/h2-11,13,19,27-28H,12H2,1H3. The van der Waals surface area contributed by atoms with Crippen molar-refractivity contribution in [2.24, 2.45) is 5.10 Å². The predicted octanol–water partition coefficient (Wildman–Crippen LogP) is 5.18. The molecule has 8 heteroatoms. The molecule has 0 bridgehead atoms. The smallest absolute Gasteiger partial charge is 0.207 e. The summed E-state index contributed by atoms with van der Waals surface area (Å²) in [5.41, 5.74) is 3.36. The van der Waals surface area contributed by atoms with Crippen molar-refractivity contribution in [3.63, 3.8) is 0 Å². The summed E-state index contributed by atoms with van der Waals surface area (Å²) in [5.74, 6) is 1.27. The average Bonchev–Trinajstić information content (AvgIpc) is 3.55. The van der Waals surface area contributed by atoms with Crippen LogP contribution in [0.15, 0.2) is 75.8 Å². The van der Waals surface area contributed by atoms with Crippen LogP contribution in [0.2, 0.25) is 0 Å². The van der Waals surface area contributed by atoms with Crippen molar-refractivity contribution in [3.8, 4) is 28.5 Å². The largest absolute Gasteiger partial charge is 0.504 e. The van der Waals surface area contributed by atoms with Crippen molar-refractivity contribution in [1.29, 1.82) is 0 Å². The maximum absolute atomic E-state index is 9.82. The van der Waals surface area contributed by atoms with Crippen LogP contribution in [0.5, 0.6) is 17.2 Å². The van der Waals surface area contributed by atoms with Gasteiger partial charge in [-0.05, 0) is 60.2 Å². The third-order valence-electron chi connectivity index (χ3n) is 5.16. The number of phenols is 2. The van der Waals surface area contributed by atoms with Crippen LogP contribution in [0.4, 0.5) is 5.13 Å². The summed E-state index contributed by atoms with van der Waals surface area (Å²) >= 11 is 1.46. The highest BCUT2D eigenvalue weighted by Crippen LogP contribution is 2.40. The van der Waals surface area contributed by atoms with Gasteiger partial charge in [-0.3, -0.25) is 0 Å². The minimum absolute atomic E-state index is 0.112. The Kier molecular flexibility index (Phi) is 4.83. The van der Waals surface area contributed by atoms with Gasteiger partial charge in [0, 0.05) is 17.4 Å². The zero-order chi connectivity index (χ0) is 21.4. The SMILES string of the molecule is COc1ccc(C2=NN(c3nc(-c4ccc(O)c(O)c4)cs3)C(c3ccco3)C2)cc1. The first kappa shape index (κ1) is 19.2. The molecule has 3 heterocycles.